The Morgan fingerprint density at radius 3 is 2.73 bits per heavy atom. The lowest BCUT2D eigenvalue weighted by molar-refractivity contribution is 0.317. The van der Waals surface area contributed by atoms with Gasteiger partial charge in [-0.2, -0.15) is 0 Å². The first-order valence-electron chi connectivity index (χ1n) is 6.03. The van der Waals surface area contributed by atoms with Gasteiger partial charge in [0.15, 0.2) is 0 Å². The molecule has 1 aliphatic carbocycles. The van der Waals surface area contributed by atoms with Gasteiger partial charge < -0.3 is 5.73 Å². The topological polar surface area (TPSA) is 38.9 Å². The Bertz CT molecular complexity index is 278. The molecule has 2 nitrogen and oxygen atoms in total. The monoisotopic (exact) mass is 204 g/mol. The summed E-state index contributed by atoms with van der Waals surface area (Å²) in [6.45, 7) is 0. The summed E-state index contributed by atoms with van der Waals surface area (Å²) < 4.78 is 0. The van der Waals surface area contributed by atoms with Crippen LogP contribution in [-0.2, 0) is 0 Å². The third-order valence-electron chi connectivity index (χ3n) is 3.38. The Labute approximate surface area is 91.9 Å². The molecule has 1 atom stereocenters. The van der Waals surface area contributed by atoms with E-state index in [9.17, 15) is 0 Å². The fourth-order valence-electron chi connectivity index (χ4n) is 2.50. The van der Waals surface area contributed by atoms with E-state index in [1.807, 2.05) is 24.4 Å². The van der Waals surface area contributed by atoms with Gasteiger partial charge in [0.1, 0.15) is 0 Å². The molecule has 1 heterocycles. The molecular formula is C13H20N2. The van der Waals surface area contributed by atoms with E-state index in [4.69, 9.17) is 5.73 Å². The molecule has 2 N–H and O–H groups in total. The van der Waals surface area contributed by atoms with E-state index in [2.05, 4.69) is 4.98 Å². The summed E-state index contributed by atoms with van der Waals surface area (Å²) in [5.41, 5.74) is 7.21. The molecule has 0 radical (unpaired) electrons. The van der Waals surface area contributed by atoms with Crippen LogP contribution in [0.4, 0.5) is 0 Å². The van der Waals surface area contributed by atoms with Gasteiger partial charge in [-0.15, -0.1) is 0 Å². The van der Waals surface area contributed by atoms with Crippen LogP contribution in [0.5, 0.6) is 0 Å². The summed E-state index contributed by atoms with van der Waals surface area (Å²) in [6.07, 6.45) is 9.85. The van der Waals surface area contributed by atoms with Gasteiger partial charge in [0.05, 0.1) is 5.69 Å². The van der Waals surface area contributed by atoms with Gasteiger partial charge in [-0.3, -0.25) is 4.98 Å². The quantitative estimate of drug-likeness (QED) is 0.821. The number of hydrogen-bond acceptors (Lipinski definition) is 2. The van der Waals surface area contributed by atoms with Crippen molar-refractivity contribution in [1.29, 1.82) is 0 Å². The molecule has 0 saturated heterocycles. The summed E-state index contributed by atoms with van der Waals surface area (Å²) in [4.78, 5) is 4.32. The minimum absolute atomic E-state index is 0.134. The predicted octanol–water partition coefficient (Wildman–Crippen LogP) is 3.05. The summed E-state index contributed by atoms with van der Waals surface area (Å²) in [7, 11) is 0. The van der Waals surface area contributed by atoms with Crippen molar-refractivity contribution in [3.05, 3.63) is 30.1 Å². The molecule has 0 bridgehead atoms. The second-order valence-electron chi connectivity index (χ2n) is 4.60. The smallest absolute Gasteiger partial charge is 0.0571 e. The molecule has 0 spiro atoms. The summed E-state index contributed by atoms with van der Waals surface area (Å²) in [6, 6.07) is 6.13. The molecule has 0 aliphatic heterocycles. The highest BCUT2D eigenvalue weighted by Gasteiger charge is 2.17. The number of aromatic nitrogens is 1. The maximum atomic E-state index is 6.16. The highest BCUT2D eigenvalue weighted by molar-refractivity contribution is 5.08. The fourth-order valence-corrected chi connectivity index (χ4v) is 2.50. The van der Waals surface area contributed by atoms with Gasteiger partial charge in [0.2, 0.25) is 0 Å². The number of nitrogens with zero attached hydrogens (tertiary/aromatic N) is 1. The van der Waals surface area contributed by atoms with Crippen molar-refractivity contribution >= 4 is 0 Å². The summed E-state index contributed by atoms with van der Waals surface area (Å²) in [5.74, 6) is 0.829. The van der Waals surface area contributed by atoms with Crippen molar-refractivity contribution < 1.29 is 0 Å². The van der Waals surface area contributed by atoms with Crippen molar-refractivity contribution in [1.82, 2.24) is 4.98 Å². The van der Waals surface area contributed by atoms with Crippen molar-refractivity contribution in [3.63, 3.8) is 0 Å². The van der Waals surface area contributed by atoms with E-state index in [1.54, 1.807) is 0 Å². The normalized spacial score (nSPS) is 20.1. The standard InChI is InChI=1S/C13H20N2/c14-12(13-8-4-5-9-15-13)10-11-6-2-1-3-7-11/h4-5,8-9,11-12H,1-3,6-7,10,14H2. The molecule has 2 heteroatoms. The highest BCUT2D eigenvalue weighted by Crippen LogP contribution is 2.30. The van der Waals surface area contributed by atoms with Crippen molar-refractivity contribution in [2.75, 3.05) is 0 Å². The molecule has 82 valence electrons. The molecule has 15 heavy (non-hydrogen) atoms. The second kappa shape index (κ2) is 5.26. The Morgan fingerprint density at radius 2 is 2.07 bits per heavy atom. The first-order valence-corrected chi connectivity index (χ1v) is 6.03. The molecule has 1 aromatic rings. The minimum atomic E-state index is 0.134. The Hall–Kier alpha value is -0.890. The third-order valence-corrected chi connectivity index (χ3v) is 3.38. The molecule has 0 amide bonds. The summed E-state index contributed by atoms with van der Waals surface area (Å²) in [5, 5.41) is 0. The van der Waals surface area contributed by atoms with Gasteiger partial charge in [-0.1, -0.05) is 38.2 Å². The lowest BCUT2D eigenvalue weighted by Crippen LogP contribution is -2.18. The lowest BCUT2D eigenvalue weighted by Gasteiger charge is -2.24. The maximum Gasteiger partial charge on any atom is 0.0571 e. The molecule has 1 aliphatic rings. The molecule has 1 unspecified atom stereocenters. The lowest BCUT2D eigenvalue weighted by atomic mass is 9.84. The molecule has 2 rings (SSSR count). The first kappa shape index (κ1) is 10.6. The van der Waals surface area contributed by atoms with Crippen LogP contribution in [0.3, 0.4) is 0 Å². The van der Waals surface area contributed by atoms with Crippen LogP contribution in [0.15, 0.2) is 24.4 Å². The fraction of sp³-hybridized carbons (Fsp3) is 0.615. The average Bonchev–Trinajstić information content (AvgIpc) is 2.31. The third kappa shape index (κ3) is 3.03. The number of rotatable bonds is 3. The minimum Gasteiger partial charge on any atom is -0.323 e. The van der Waals surface area contributed by atoms with Gasteiger partial charge in [0.25, 0.3) is 0 Å². The van der Waals surface area contributed by atoms with E-state index in [0.29, 0.717) is 0 Å². The maximum absolute atomic E-state index is 6.16. The van der Waals surface area contributed by atoms with E-state index in [0.717, 1.165) is 18.0 Å². The van der Waals surface area contributed by atoms with Crippen LogP contribution < -0.4 is 5.73 Å². The van der Waals surface area contributed by atoms with Crippen molar-refractivity contribution in [2.45, 2.75) is 44.6 Å². The van der Waals surface area contributed by atoms with Crippen LogP contribution >= 0.6 is 0 Å². The van der Waals surface area contributed by atoms with E-state index in [1.165, 1.54) is 32.1 Å². The summed E-state index contributed by atoms with van der Waals surface area (Å²) >= 11 is 0. The van der Waals surface area contributed by atoms with Gasteiger partial charge in [-0.25, -0.2) is 0 Å². The Kier molecular flexibility index (Phi) is 3.73. The molecule has 0 aromatic carbocycles. The van der Waals surface area contributed by atoms with Crippen molar-refractivity contribution in [2.24, 2.45) is 11.7 Å². The molecular weight excluding hydrogens is 184 g/mol. The van der Waals surface area contributed by atoms with Gasteiger partial charge in [0, 0.05) is 12.2 Å². The van der Waals surface area contributed by atoms with Crippen LogP contribution in [0, 0.1) is 5.92 Å². The first-order chi connectivity index (χ1) is 7.36. The average molecular weight is 204 g/mol. The molecule has 1 saturated carbocycles. The SMILES string of the molecule is NC(CC1CCCCC1)c1ccccn1. The molecule has 1 aromatic heterocycles. The Morgan fingerprint density at radius 1 is 1.27 bits per heavy atom. The van der Waals surface area contributed by atoms with Gasteiger partial charge in [-0.05, 0) is 24.5 Å². The largest absolute Gasteiger partial charge is 0.323 e. The van der Waals surface area contributed by atoms with E-state index < -0.39 is 0 Å². The highest BCUT2D eigenvalue weighted by atomic mass is 14.8. The predicted molar refractivity (Wildman–Crippen MR) is 62.4 cm³/mol. The van der Waals surface area contributed by atoms with E-state index in [-0.39, 0.29) is 6.04 Å². The number of pyridine rings is 1. The zero-order valence-corrected chi connectivity index (χ0v) is 9.23. The van der Waals surface area contributed by atoms with E-state index >= 15 is 0 Å². The zero-order valence-electron chi connectivity index (χ0n) is 9.23. The second-order valence-corrected chi connectivity index (χ2v) is 4.60. The number of hydrogen-bond donors (Lipinski definition) is 1. The number of nitrogens with two attached hydrogens (primary N) is 1. The van der Waals surface area contributed by atoms with Gasteiger partial charge >= 0.3 is 0 Å². The van der Waals surface area contributed by atoms with Crippen molar-refractivity contribution in [3.8, 4) is 0 Å². The molecule has 1 fully saturated rings. The van der Waals surface area contributed by atoms with Crippen LogP contribution in [0.25, 0.3) is 0 Å². The van der Waals surface area contributed by atoms with Crippen LogP contribution in [-0.4, -0.2) is 4.98 Å². The van der Waals surface area contributed by atoms with Crippen LogP contribution in [0.2, 0.25) is 0 Å². The zero-order chi connectivity index (χ0) is 10.5. The van der Waals surface area contributed by atoms with Crippen LogP contribution in [0.1, 0.15) is 50.3 Å². The Balaban J connectivity index is 1.88.